The Morgan fingerprint density at radius 2 is 1.77 bits per heavy atom. The fourth-order valence-electron chi connectivity index (χ4n) is 3.23. The van der Waals surface area contributed by atoms with Crippen LogP contribution in [-0.2, 0) is 6.61 Å². The monoisotopic (exact) mass is 408 g/mol. The van der Waals surface area contributed by atoms with Gasteiger partial charge in [-0.15, -0.1) is 0 Å². The number of ether oxygens (including phenoxy) is 3. The molecule has 4 rings (SSSR count). The van der Waals surface area contributed by atoms with Gasteiger partial charge in [0.1, 0.15) is 35.5 Å². The predicted octanol–water partition coefficient (Wildman–Crippen LogP) is 5.48. The van der Waals surface area contributed by atoms with Crippen molar-refractivity contribution in [1.82, 2.24) is 0 Å². The van der Waals surface area contributed by atoms with E-state index in [0.717, 1.165) is 5.56 Å². The van der Waals surface area contributed by atoms with Crippen LogP contribution in [0.25, 0.3) is 6.08 Å². The van der Waals surface area contributed by atoms with Crippen LogP contribution in [0.2, 0.25) is 0 Å². The van der Waals surface area contributed by atoms with E-state index >= 15 is 0 Å². The number of hydrogen-bond acceptors (Lipinski definition) is 4. The summed E-state index contributed by atoms with van der Waals surface area (Å²) in [4.78, 5) is 12.7. The van der Waals surface area contributed by atoms with Crippen molar-refractivity contribution in [2.75, 3.05) is 7.11 Å². The summed E-state index contributed by atoms with van der Waals surface area (Å²) in [6.07, 6.45) is 1.64. The minimum Gasteiger partial charge on any atom is -0.497 e. The van der Waals surface area contributed by atoms with Crippen LogP contribution in [-0.4, -0.2) is 12.9 Å². The van der Waals surface area contributed by atoms with Crippen LogP contribution in [0.1, 0.15) is 27.0 Å². The lowest BCUT2D eigenvalue weighted by Crippen LogP contribution is -2.03. The largest absolute Gasteiger partial charge is 0.497 e. The second-order valence-electron chi connectivity index (χ2n) is 6.77. The number of allylic oxidation sites excluding steroid dienone is 1. The van der Waals surface area contributed by atoms with Gasteiger partial charge in [0.15, 0.2) is 5.76 Å². The van der Waals surface area contributed by atoms with Crippen molar-refractivity contribution in [3.8, 4) is 17.2 Å². The summed E-state index contributed by atoms with van der Waals surface area (Å²) in [7, 11) is 1.57. The van der Waals surface area contributed by atoms with E-state index in [9.17, 15) is 13.6 Å². The van der Waals surface area contributed by atoms with E-state index in [1.165, 1.54) is 18.2 Å². The molecule has 1 aliphatic rings. The van der Waals surface area contributed by atoms with Crippen molar-refractivity contribution in [3.63, 3.8) is 0 Å². The lowest BCUT2D eigenvalue weighted by molar-refractivity contribution is 0.101. The molecule has 0 bridgehead atoms. The molecule has 6 heteroatoms. The minimum atomic E-state index is -0.677. The molecular weight excluding hydrogens is 390 g/mol. The minimum absolute atomic E-state index is 0.159. The number of benzene rings is 3. The van der Waals surface area contributed by atoms with Crippen molar-refractivity contribution in [2.24, 2.45) is 0 Å². The maximum Gasteiger partial charge on any atom is 0.231 e. The van der Waals surface area contributed by atoms with Crippen LogP contribution >= 0.6 is 0 Å². The van der Waals surface area contributed by atoms with Crippen molar-refractivity contribution >= 4 is 11.9 Å². The molecule has 0 spiro atoms. The zero-order chi connectivity index (χ0) is 21.3. The van der Waals surface area contributed by atoms with E-state index in [0.29, 0.717) is 28.4 Å². The molecule has 0 unspecified atom stereocenters. The second-order valence-corrected chi connectivity index (χ2v) is 6.77. The molecule has 0 fully saturated rings. The number of fused-ring (bicyclic) bond motifs is 1. The average molecular weight is 408 g/mol. The van der Waals surface area contributed by atoms with Gasteiger partial charge in [0.2, 0.25) is 5.78 Å². The lowest BCUT2D eigenvalue weighted by atomic mass is 10.1. The van der Waals surface area contributed by atoms with E-state index in [-0.39, 0.29) is 23.7 Å². The molecule has 152 valence electrons. The van der Waals surface area contributed by atoms with Gasteiger partial charge >= 0.3 is 0 Å². The first-order valence-electron chi connectivity index (χ1n) is 9.25. The summed E-state index contributed by atoms with van der Waals surface area (Å²) in [5.41, 5.74) is 1.58. The molecule has 30 heavy (non-hydrogen) atoms. The van der Waals surface area contributed by atoms with Crippen LogP contribution in [0, 0.1) is 18.6 Å². The maximum atomic E-state index is 13.8. The molecule has 3 aromatic carbocycles. The van der Waals surface area contributed by atoms with Crippen molar-refractivity contribution in [1.29, 1.82) is 0 Å². The Morgan fingerprint density at radius 1 is 1.03 bits per heavy atom. The molecule has 0 aliphatic carbocycles. The van der Waals surface area contributed by atoms with E-state index in [1.807, 2.05) is 12.1 Å². The normalized spacial score (nSPS) is 13.9. The molecule has 3 aromatic rings. The molecule has 0 atom stereocenters. The summed E-state index contributed by atoms with van der Waals surface area (Å²) in [6, 6.07) is 14.1. The van der Waals surface area contributed by atoms with Crippen LogP contribution in [0.5, 0.6) is 17.2 Å². The van der Waals surface area contributed by atoms with E-state index < -0.39 is 11.6 Å². The number of Topliss-reactive ketones (excluding diaryl/α,β-unsaturated/α-hetero) is 1. The highest BCUT2D eigenvalue weighted by molar-refractivity contribution is 6.15. The first-order valence-corrected chi connectivity index (χ1v) is 9.25. The Hall–Kier alpha value is -3.67. The second kappa shape index (κ2) is 7.99. The number of methoxy groups -OCH3 is 1. The quantitative estimate of drug-likeness (QED) is 0.525. The van der Waals surface area contributed by atoms with Gasteiger partial charge in [0.05, 0.1) is 18.2 Å². The first kappa shape index (κ1) is 19.6. The molecule has 0 saturated heterocycles. The maximum absolute atomic E-state index is 13.8. The predicted molar refractivity (Wildman–Crippen MR) is 108 cm³/mol. The lowest BCUT2D eigenvalue weighted by Gasteiger charge is -2.12. The Labute approximate surface area is 172 Å². The van der Waals surface area contributed by atoms with Crippen molar-refractivity contribution < 1.29 is 27.8 Å². The molecular formula is C24H18F2O4. The van der Waals surface area contributed by atoms with Gasteiger partial charge in [-0.2, -0.15) is 0 Å². The molecule has 0 saturated carbocycles. The van der Waals surface area contributed by atoms with Gasteiger partial charge in [-0.3, -0.25) is 4.79 Å². The van der Waals surface area contributed by atoms with Gasteiger partial charge in [0.25, 0.3) is 0 Å². The number of ketones is 1. The first-order chi connectivity index (χ1) is 14.5. The molecule has 4 nitrogen and oxygen atoms in total. The molecule has 1 aliphatic heterocycles. The molecule has 0 N–H and O–H groups in total. The highest BCUT2D eigenvalue weighted by Crippen LogP contribution is 2.39. The van der Waals surface area contributed by atoms with Crippen LogP contribution < -0.4 is 14.2 Å². The number of hydrogen-bond donors (Lipinski definition) is 0. The van der Waals surface area contributed by atoms with Crippen molar-refractivity contribution in [2.45, 2.75) is 13.5 Å². The number of carbonyl (C=O) groups is 1. The molecule has 0 amide bonds. The Balaban J connectivity index is 1.59. The van der Waals surface area contributed by atoms with Crippen LogP contribution in [0.3, 0.4) is 0 Å². The van der Waals surface area contributed by atoms with Crippen molar-refractivity contribution in [3.05, 3.63) is 94.2 Å². The summed E-state index contributed by atoms with van der Waals surface area (Å²) < 4.78 is 44.3. The van der Waals surface area contributed by atoms with Gasteiger partial charge in [-0.1, -0.05) is 18.2 Å². The Kier molecular flexibility index (Phi) is 5.23. The third-order valence-corrected chi connectivity index (χ3v) is 4.86. The topological polar surface area (TPSA) is 44.8 Å². The smallest absolute Gasteiger partial charge is 0.231 e. The summed E-state index contributed by atoms with van der Waals surface area (Å²) >= 11 is 0. The number of carbonyl (C=O) groups excluding carboxylic acids is 1. The zero-order valence-electron chi connectivity index (χ0n) is 16.4. The standard InChI is InChI=1S/C24H18F2O4/c1-14-21(29-13-18-19(25)7-4-8-20(18)26)10-9-17-23(27)22(30-24(14)17)12-15-5-3-6-16(11-15)28-2/h3-12H,13H2,1-2H3/b22-12-. The fraction of sp³-hybridized carbons (Fsp3) is 0.125. The average Bonchev–Trinajstić information content (AvgIpc) is 3.05. The molecule has 0 aromatic heterocycles. The van der Waals surface area contributed by atoms with E-state index in [1.54, 1.807) is 44.4 Å². The van der Waals surface area contributed by atoms with Gasteiger partial charge in [-0.25, -0.2) is 8.78 Å². The number of halogens is 2. The fourth-order valence-corrected chi connectivity index (χ4v) is 3.23. The summed E-state index contributed by atoms with van der Waals surface area (Å²) in [5, 5.41) is 0. The Bertz CT molecular complexity index is 1150. The summed E-state index contributed by atoms with van der Waals surface area (Å²) in [6.45, 7) is 1.45. The van der Waals surface area contributed by atoms with E-state index in [4.69, 9.17) is 14.2 Å². The summed E-state index contributed by atoms with van der Waals surface area (Å²) in [5.74, 6) is 0.000747. The SMILES string of the molecule is COc1cccc(/C=C2\Oc3c(ccc(OCc4c(F)cccc4F)c3C)C2=O)c1. The van der Waals surface area contributed by atoms with E-state index in [2.05, 4.69) is 0 Å². The zero-order valence-corrected chi connectivity index (χ0v) is 16.4. The van der Waals surface area contributed by atoms with Crippen LogP contribution in [0.4, 0.5) is 8.78 Å². The third-order valence-electron chi connectivity index (χ3n) is 4.86. The van der Waals surface area contributed by atoms with Gasteiger partial charge in [0, 0.05) is 5.56 Å². The Morgan fingerprint density at radius 3 is 2.50 bits per heavy atom. The molecule has 0 radical (unpaired) electrons. The highest BCUT2D eigenvalue weighted by Gasteiger charge is 2.30. The van der Waals surface area contributed by atoms with Crippen LogP contribution in [0.15, 0.2) is 60.4 Å². The number of rotatable bonds is 5. The third kappa shape index (κ3) is 3.64. The van der Waals surface area contributed by atoms with Gasteiger partial charge in [-0.05, 0) is 55.0 Å². The molecule has 1 heterocycles. The van der Waals surface area contributed by atoms with Gasteiger partial charge < -0.3 is 14.2 Å². The highest BCUT2D eigenvalue weighted by atomic mass is 19.1.